The van der Waals surface area contributed by atoms with Gasteiger partial charge in [0.1, 0.15) is 5.82 Å². The van der Waals surface area contributed by atoms with E-state index in [0.717, 1.165) is 23.3 Å². The Labute approximate surface area is 237 Å². The molecule has 1 aliphatic carbocycles. The molecule has 2 aliphatic rings. The molecule has 1 heterocycles. The van der Waals surface area contributed by atoms with E-state index in [-0.39, 0.29) is 24.1 Å². The highest BCUT2D eigenvalue weighted by atomic mass is 19.4. The summed E-state index contributed by atoms with van der Waals surface area (Å²) >= 11 is 0. The van der Waals surface area contributed by atoms with E-state index in [1.54, 1.807) is 35.2 Å². The molecular formula is C32H26F7NO2. The Morgan fingerprint density at radius 3 is 2.21 bits per heavy atom. The van der Waals surface area contributed by atoms with Gasteiger partial charge in [0.05, 0.1) is 17.5 Å². The number of allylic oxidation sites excluding steroid dienone is 1. The molecule has 3 aromatic rings. The number of halogens is 7. The molecule has 0 unspecified atom stereocenters. The summed E-state index contributed by atoms with van der Waals surface area (Å²) in [6, 6.07) is 14.3. The van der Waals surface area contributed by atoms with E-state index in [1.165, 1.54) is 12.1 Å². The SMILES string of the molecule is O=C(O)c1ccc2c(c1)CCCC(c1ccc(F)cc1C(F)(F)F)=C2c1ccc(C=C2CN(CCC(F)(F)F)C2)cc1. The standard InChI is InChI=1S/C32H26F7NO2/c33-24-9-11-26(28(16-24)32(37,38)39)27-3-1-2-22-15-23(30(41)42)8-10-25(22)29(27)21-6-4-19(5-7-21)14-20-17-40(18-20)13-12-31(34,35)36/h4-11,14-16H,1-3,12-13,17-18H2,(H,41,42). The number of rotatable bonds is 6. The van der Waals surface area contributed by atoms with Crippen molar-refractivity contribution in [2.24, 2.45) is 0 Å². The van der Waals surface area contributed by atoms with Crippen LogP contribution in [0.5, 0.6) is 0 Å². The molecule has 1 aliphatic heterocycles. The summed E-state index contributed by atoms with van der Waals surface area (Å²) in [5, 5.41) is 9.50. The first-order chi connectivity index (χ1) is 19.8. The second kappa shape index (κ2) is 11.4. The Kier molecular flexibility index (Phi) is 8.02. The van der Waals surface area contributed by atoms with Gasteiger partial charge in [-0.3, -0.25) is 4.90 Å². The fourth-order valence-corrected chi connectivity index (χ4v) is 5.58. The van der Waals surface area contributed by atoms with Crippen LogP contribution in [-0.2, 0) is 12.6 Å². The summed E-state index contributed by atoms with van der Waals surface area (Å²) in [6.07, 6.45) is -6.84. The maximum absolute atomic E-state index is 14.1. The molecule has 0 bridgehead atoms. The zero-order valence-electron chi connectivity index (χ0n) is 22.2. The molecule has 0 saturated carbocycles. The quantitative estimate of drug-likeness (QED) is 0.293. The van der Waals surface area contributed by atoms with Crippen LogP contribution in [0, 0.1) is 5.82 Å². The molecular weight excluding hydrogens is 563 g/mol. The zero-order chi connectivity index (χ0) is 30.2. The van der Waals surface area contributed by atoms with Gasteiger partial charge in [-0.25, -0.2) is 9.18 Å². The number of aromatic carboxylic acids is 1. The van der Waals surface area contributed by atoms with Crippen molar-refractivity contribution in [2.75, 3.05) is 19.6 Å². The lowest BCUT2D eigenvalue weighted by Crippen LogP contribution is -2.41. The van der Waals surface area contributed by atoms with Crippen LogP contribution >= 0.6 is 0 Å². The summed E-state index contributed by atoms with van der Waals surface area (Å²) in [5.41, 5.74) is 3.41. The normalized spacial score (nSPS) is 16.1. The predicted octanol–water partition coefficient (Wildman–Crippen LogP) is 8.49. The third kappa shape index (κ3) is 6.59. The molecule has 10 heteroatoms. The van der Waals surface area contributed by atoms with Crippen molar-refractivity contribution in [3.05, 3.63) is 111 Å². The van der Waals surface area contributed by atoms with Gasteiger partial charge in [0.25, 0.3) is 0 Å². The minimum absolute atomic E-state index is 0.0665. The van der Waals surface area contributed by atoms with Gasteiger partial charge in [0.15, 0.2) is 0 Å². The van der Waals surface area contributed by atoms with Crippen LogP contribution in [0.4, 0.5) is 30.7 Å². The lowest BCUT2D eigenvalue weighted by atomic mass is 9.85. The third-order valence-electron chi connectivity index (χ3n) is 7.54. The second-order valence-electron chi connectivity index (χ2n) is 10.6. The number of likely N-dealkylation sites (tertiary alicyclic amines) is 1. The van der Waals surface area contributed by atoms with Gasteiger partial charge in [-0.15, -0.1) is 0 Å². The minimum Gasteiger partial charge on any atom is -0.478 e. The molecule has 3 nitrogen and oxygen atoms in total. The first kappa shape index (κ1) is 29.6. The number of nitrogens with zero attached hydrogens (tertiary/aromatic N) is 1. The lowest BCUT2D eigenvalue weighted by molar-refractivity contribution is -0.139. The summed E-state index contributed by atoms with van der Waals surface area (Å²) in [5.74, 6) is -2.12. The molecule has 1 saturated heterocycles. The van der Waals surface area contributed by atoms with Crippen LogP contribution in [-0.4, -0.2) is 41.8 Å². The van der Waals surface area contributed by atoms with Gasteiger partial charge in [-0.2, -0.15) is 26.3 Å². The molecule has 1 fully saturated rings. The lowest BCUT2D eigenvalue weighted by Gasteiger charge is -2.34. The summed E-state index contributed by atoms with van der Waals surface area (Å²) in [4.78, 5) is 13.3. The van der Waals surface area contributed by atoms with E-state index in [0.29, 0.717) is 59.8 Å². The van der Waals surface area contributed by atoms with Gasteiger partial charge >= 0.3 is 18.3 Å². The van der Waals surface area contributed by atoms with E-state index >= 15 is 0 Å². The minimum atomic E-state index is -4.80. The van der Waals surface area contributed by atoms with Gasteiger partial charge < -0.3 is 5.11 Å². The van der Waals surface area contributed by atoms with E-state index in [4.69, 9.17) is 0 Å². The Morgan fingerprint density at radius 2 is 1.57 bits per heavy atom. The van der Waals surface area contributed by atoms with Crippen molar-refractivity contribution in [1.29, 1.82) is 0 Å². The summed E-state index contributed by atoms with van der Waals surface area (Å²) in [7, 11) is 0. The molecule has 0 atom stereocenters. The highest BCUT2D eigenvalue weighted by molar-refractivity contribution is 6.01. The van der Waals surface area contributed by atoms with Gasteiger partial charge in [-0.1, -0.05) is 42.5 Å². The molecule has 0 aromatic heterocycles. The molecule has 0 amide bonds. The molecule has 5 rings (SSSR count). The third-order valence-corrected chi connectivity index (χ3v) is 7.54. The number of alkyl halides is 6. The average Bonchev–Trinajstić information content (AvgIpc) is 3.08. The van der Waals surface area contributed by atoms with E-state index in [1.807, 2.05) is 6.08 Å². The monoisotopic (exact) mass is 589 g/mol. The highest BCUT2D eigenvalue weighted by Crippen LogP contribution is 2.44. The molecule has 1 N–H and O–H groups in total. The van der Waals surface area contributed by atoms with Gasteiger partial charge in [0, 0.05) is 19.6 Å². The van der Waals surface area contributed by atoms with Crippen LogP contribution < -0.4 is 0 Å². The number of hydrogen-bond acceptors (Lipinski definition) is 2. The maximum Gasteiger partial charge on any atom is 0.417 e. The molecule has 0 radical (unpaired) electrons. The Bertz CT molecular complexity index is 1560. The first-order valence-electron chi connectivity index (χ1n) is 13.3. The Hall–Kier alpha value is -3.92. The number of aryl methyl sites for hydroxylation is 1. The first-order valence-corrected chi connectivity index (χ1v) is 13.3. The van der Waals surface area contributed by atoms with Gasteiger partial charge in [0.2, 0.25) is 0 Å². The van der Waals surface area contributed by atoms with Crippen LogP contribution in [0.1, 0.15) is 63.0 Å². The van der Waals surface area contributed by atoms with Crippen molar-refractivity contribution >= 4 is 23.2 Å². The van der Waals surface area contributed by atoms with Crippen LogP contribution in [0.15, 0.2) is 66.2 Å². The maximum atomic E-state index is 14.1. The summed E-state index contributed by atoms with van der Waals surface area (Å²) < 4.78 is 93.6. The molecule has 220 valence electrons. The van der Waals surface area contributed by atoms with Crippen molar-refractivity contribution in [2.45, 2.75) is 38.0 Å². The van der Waals surface area contributed by atoms with Crippen LogP contribution in [0.25, 0.3) is 17.2 Å². The van der Waals surface area contributed by atoms with Crippen LogP contribution in [0.3, 0.4) is 0 Å². The van der Waals surface area contributed by atoms with Gasteiger partial charge in [-0.05, 0) is 88.1 Å². The van der Waals surface area contributed by atoms with E-state index in [9.17, 15) is 40.6 Å². The smallest absolute Gasteiger partial charge is 0.417 e. The Morgan fingerprint density at radius 1 is 0.881 bits per heavy atom. The number of fused-ring (bicyclic) bond motifs is 1. The van der Waals surface area contributed by atoms with Crippen molar-refractivity contribution in [1.82, 2.24) is 4.90 Å². The average molecular weight is 590 g/mol. The number of carboxylic acid groups (broad SMARTS) is 1. The van der Waals surface area contributed by atoms with E-state index in [2.05, 4.69) is 0 Å². The number of carbonyl (C=O) groups is 1. The fraction of sp³-hybridized carbons (Fsp3) is 0.281. The molecule has 0 spiro atoms. The second-order valence-corrected chi connectivity index (χ2v) is 10.6. The van der Waals surface area contributed by atoms with Crippen molar-refractivity contribution < 1.29 is 40.6 Å². The zero-order valence-corrected chi connectivity index (χ0v) is 22.2. The highest BCUT2D eigenvalue weighted by Gasteiger charge is 2.36. The topological polar surface area (TPSA) is 40.5 Å². The number of carboxylic acids is 1. The number of benzene rings is 3. The molecule has 42 heavy (non-hydrogen) atoms. The largest absolute Gasteiger partial charge is 0.478 e. The van der Waals surface area contributed by atoms with Crippen LogP contribution in [0.2, 0.25) is 0 Å². The molecule has 3 aromatic carbocycles. The van der Waals surface area contributed by atoms with Crippen molar-refractivity contribution in [3.8, 4) is 0 Å². The number of hydrogen-bond donors (Lipinski definition) is 1. The fourth-order valence-electron chi connectivity index (χ4n) is 5.58. The summed E-state index contributed by atoms with van der Waals surface area (Å²) in [6.45, 7) is 0.789. The predicted molar refractivity (Wildman–Crippen MR) is 145 cm³/mol. The van der Waals surface area contributed by atoms with Crippen molar-refractivity contribution in [3.63, 3.8) is 0 Å². The van der Waals surface area contributed by atoms with E-state index < -0.39 is 36.1 Å². The Balaban J connectivity index is 1.55.